The Labute approximate surface area is 175 Å². The maximum Gasteiger partial charge on any atom is 0.259 e. The average Bonchev–Trinajstić information content (AvgIpc) is 3.49. The Hall–Kier alpha value is -3.60. The molecule has 3 aromatic heterocycles. The Morgan fingerprint density at radius 1 is 1.13 bits per heavy atom. The molecule has 1 saturated heterocycles. The van der Waals surface area contributed by atoms with Crippen molar-refractivity contribution in [3.8, 4) is 11.6 Å². The molecule has 4 aromatic rings. The summed E-state index contributed by atoms with van der Waals surface area (Å²) in [5.41, 5.74) is 6.10. The van der Waals surface area contributed by atoms with Crippen molar-refractivity contribution in [1.29, 1.82) is 0 Å². The average molecular weight is 426 g/mol. The van der Waals surface area contributed by atoms with E-state index >= 15 is 0 Å². The lowest BCUT2D eigenvalue weighted by Gasteiger charge is -2.25. The van der Waals surface area contributed by atoms with E-state index in [1.807, 2.05) is 0 Å². The summed E-state index contributed by atoms with van der Waals surface area (Å²) in [5, 5.41) is 7.44. The van der Waals surface area contributed by atoms with Gasteiger partial charge in [-0.1, -0.05) is 6.07 Å². The Balaban J connectivity index is 1.31. The van der Waals surface area contributed by atoms with Crippen molar-refractivity contribution >= 4 is 17.7 Å². The van der Waals surface area contributed by atoms with Crippen LogP contribution in [0.4, 0.5) is 20.7 Å². The fourth-order valence-electron chi connectivity index (χ4n) is 3.82. The first-order chi connectivity index (χ1) is 15.1. The van der Waals surface area contributed by atoms with Crippen LogP contribution in [0, 0.1) is 11.6 Å². The predicted octanol–water partition coefficient (Wildman–Crippen LogP) is 2.72. The number of anilines is 2. The summed E-state index contributed by atoms with van der Waals surface area (Å²) in [5.74, 6) is 0.539. The van der Waals surface area contributed by atoms with Crippen LogP contribution in [0.5, 0.6) is 0 Å². The molecule has 5 rings (SSSR count). The van der Waals surface area contributed by atoms with E-state index < -0.39 is 11.6 Å². The van der Waals surface area contributed by atoms with Crippen LogP contribution in [0.1, 0.15) is 18.4 Å². The lowest BCUT2D eigenvalue weighted by Crippen LogP contribution is -2.35. The number of hydrogen-bond donors (Lipinski definition) is 2. The first-order valence-electron chi connectivity index (χ1n) is 9.93. The molecule has 4 heterocycles. The smallest absolute Gasteiger partial charge is 0.259 e. The van der Waals surface area contributed by atoms with Gasteiger partial charge in [-0.25, -0.2) is 8.78 Å². The number of rotatable bonds is 6. The molecule has 0 radical (unpaired) electrons. The fourth-order valence-corrected chi connectivity index (χ4v) is 3.82. The number of fused-ring (bicyclic) bond motifs is 1. The number of aromatic nitrogens is 5. The van der Waals surface area contributed by atoms with Gasteiger partial charge in [0.15, 0.2) is 5.76 Å². The summed E-state index contributed by atoms with van der Waals surface area (Å²) in [6.07, 6.45) is 3.37. The number of hydrogen-bond acceptors (Lipinski definition) is 8. The van der Waals surface area contributed by atoms with Crippen molar-refractivity contribution in [2.24, 2.45) is 0 Å². The van der Waals surface area contributed by atoms with Crippen LogP contribution in [0.15, 0.2) is 41.0 Å². The topological polar surface area (TPSA) is 110 Å². The molecular formula is C20H20F2N8O. The Morgan fingerprint density at radius 3 is 2.74 bits per heavy atom. The predicted molar refractivity (Wildman–Crippen MR) is 109 cm³/mol. The first kappa shape index (κ1) is 19.4. The van der Waals surface area contributed by atoms with Gasteiger partial charge < -0.3 is 15.5 Å². The summed E-state index contributed by atoms with van der Waals surface area (Å²) in [6.45, 7) is 1.48. The number of likely N-dealkylation sites (tertiary alicyclic amines) is 1. The van der Waals surface area contributed by atoms with Crippen molar-refractivity contribution in [3.05, 3.63) is 53.8 Å². The maximum atomic E-state index is 14.0. The molecule has 31 heavy (non-hydrogen) atoms. The highest BCUT2D eigenvalue weighted by molar-refractivity contribution is 5.52. The van der Waals surface area contributed by atoms with Gasteiger partial charge >= 0.3 is 0 Å². The number of nitrogen functional groups attached to an aromatic ring is 1. The highest BCUT2D eigenvalue weighted by atomic mass is 19.1. The monoisotopic (exact) mass is 426 g/mol. The molecule has 11 heteroatoms. The zero-order chi connectivity index (χ0) is 21.4. The molecule has 1 unspecified atom stereocenters. The minimum Gasteiger partial charge on any atom is -0.461 e. The molecular weight excluding hydrogens is 406 g/mol. The summed E-state index contributed by atoms with van der Waals surface area (Å²) in [7, 11) is 0. The van der Waals surface area contributed by atoms with E-state index in [2.05, 4.69) is 30.3 Å². The molecule has 0 saturated carbocycles. The van der Waals surface area contributed by atoms with Gasteiger partial charge in [0.25, 0.3) is 5.78 Å². The third-order valence-electron chi connectivity index (χ3n) is 5.39. The van der Waals surface area contributed by atoms with Crippen LogP contribution in [-0.2, 0) is 6.54 Å². The van der Waals surface area contributed by atoms with Crippen LogP contribution in [0.2, 0.25) is 0 Å². The van der Waals surface area contributed by atoms with Gasteiger partial charge in [-0.3, -0.25) is 4.90 Å². The van der Waals surface area contributed by atoms with Gasteiger partial charge in [0.05, 0.1) is 6.26 Å². The second-order valence-electron chi connectivity index (χ2n) is 7.38. The van der Waals surface area contributed by atoms with Crippen LogP contribution >= 0.6 is 0 Å². The zero-order valence-electron chi connectivity index (χ0n) is 16.5. The third kappa shape index (κ3) is 3.79. The molecule has 1 aliphatic rings. The lowest BCUT2D eigenvalue weighted by molar-refractivity contribution is 0.246. The van der Waals surface area contributed by atoms with Crippen molar-refractivity contribution < 1.29 is 13.2 Å². The van der Waals surface area contributed by atoms with Crippen molar-refractivity contribution in [1.82, 2.24) is 29.5 Å². The first-order valence-corrected chi connectivity index (χ1v) is 9.93. The van der Waals surface area contributed by atoms with Gasteiger partial charge in [0.2, 0.25) is 17.7 Å². The summed E-state index contributed by atoms with van der Waals surface area (Å²) in [6, 6.07) is 7.49. The van der Waals surface area contributed by atoms with E-state index in [1.165, 1.54) is 29.0 Å². The normalized spacial score (nSPS) is 16.9. The van der Waals surface area contributed by atoms with Crippen molar-refractivity contribution in [3.63, 3.8) is 0 Å². The lowest BCUT2D eigenvalue weighted by atomic mass is 10.1. The molecule has 1 aromatic carbocycles. The third-order valence-corrected chi connectivity index (χ3v) is 5.39. The number of nitrogens with two attached hydrogens (primary N) is 1. The standard InChI is InChI=1S/C20H20F2N8O/c21-14-5-1-6-15(22)13(14)11-29-8-2-4-12(29)10-24-19-26-18(23)30-20(27-19)25-17(28-30)16-7-3-9-31-16/h1,3,5-7,9,12H,2,4,8,10-11H2,(H3,23,24,25,26,27,28). The Morgan fingerprint density at radius 2 is 1.97 bits per heavy atom. The Bertz CT molecular complexity index is 1190. The van der Waals surface area contributed by atoms with E-state index in [9.17, 15) is 8.78 Å². The largest absolute Gasteiger partial charge is 0.461 e. The molecule has 0 amide bonds. The van der Waals surface area contributed by atoms with E-state index in [4.69, 9.17) is 10.2 Å². The van der Waals surface area contributed by atoms with Crippen LogP contribution in [0.25, 0.3) is 17.4 Å². The molecule has 1 fully saturated rings. The molecule has 0 bridgehead atoms. The number of benzene rings is 1. The van der Waals surface area contributed by atoms with Gasteiger partial charge in [-0.2, -0.15) is 19.5 Å². The van der Waals surface area contributed by atoms with E-state index in [0.717, 1.165) is 19.4 Å². The molecule has 1 atom stereocenters. The van der Waals surface area contributed by atoms with Gasteiger partial charge in [-0.05, 0) is 43.7 Å². The van der Waals surface area contributed by atoms with Gasteiger partial charge in [0.1, 0.15) is 11.6 Å². The second kappa shape index (κ2) is 7.91. The molecule has 160 valence electrons. The number of halogens is 2. The van der Waals surface area contributed by atoms with Crippen LogP contribution in [-0.4, -0.2) is 48.6 Å². The maximum absolute atomic E-state index is 14.0. The quantitative estimate of drug-likeness (QED) is 0.484. The Kier molecular flexibility index (Phi) is 4.94. The van der Waals surface area contributed by atoms with E-state index in [0.29, 0.717) is 24.1 Å². The zero-order valence-corrected chi connectivity index (χ0v) is 16.5. The van der Waals surface area contributed by atoms with E-state index in [-0.39, 0.29) is 29.9 Å². The molecule has 0 spiro atoms. The van der Waals surface area contributed by atoms with Gasteiger partial charge in [-0.15, -0.1) is 5.10 Å². The number of nitrogens with one attached hydrogen (secondary N) is 1. The summed E-state index contributed by atoms with van der Waals surface area (Å²) < 4.78 is 34.7. The molecule has 0 aliphatic carbocycles. The highest BCUT2D eigenvalue weighted by Crippen LogP contribution is 2.23. The number of nitrogens with zero attached hydrogens (tertiary/aromatic N) is 6. The second-order valence-corrected chi connectivity index (χ2v) is 7.38. The number of furan rings is 1. The highest BCUT2D eigenvalue weighted by Gasteiger charge is 2.26. The SMILES string of the molecule is Nc1nc(NCC2CCCN2Cc2c(F)cccc2F)nc2nc(-c3ccco3)nn12. The minimum absolute atomic E-state index is 0.0802. The fraction of sp³-hybridized carbons (Fsp3) is 0.300. The van der Waals surface area contributed by atoms with Crippen LogP contribution < -0.4 is 11.1 Å². The van der Waals surface area contributed by atoms with Crippen molar-refractivity contribution in [2.45, 2.75) is 25.4 Å². The summed E-state index contributed by atoms with van der Waals surface area (Å²) in [4.78, 5) is 15.0. The summed E-state index contributed by atoms with van der Waals surface area (Å²) >= 11 is 0. The molecule has 9 nitrogen and oxygen atoms in total. The van der Waals surface area contributed by atoms with E-state index in [1.54, 1.807) is 12.1 Å². The van der Waals surface area contributed by atoms with Crippen molar-refractivity contribution in [2.75, 3.05) is 24.1 Å². The minimum atomic E-state index is -0.528. The molecule has 1 aliphatic heterocycles. The molecule has 3 N–H and O–H groups in total. The van der Waals surface area contributed by atoms with Gasteiger partial charge in [0, 0.05) is 24.7 Å². The van der Waals surface area contributed by atoms with Crippen LogP contribution in [0.3, 0.4) is 0 Å².